The van der Waals surface area contributed by atoms with Crippen LogP contribution in [0, 0.1) is 12.0 Å². The molecule has 2 rings (SSSR count). The average molecular weight is 346 g/mol. The van der Waals surface area contributed by atoms with Crippen molar-refractivity contribution in [3.63, 3.8) is 0 Å². The van der Waals surface area contributed by atoms with Gasteiger partial charge >= 0.3 is 5.97 Å². The number of carbonyl (C=O) groups is 1. The first-order valence-corrected chi connectivity index (χ1v) is 11.5. The second-order valence-corrected chi connectivity index (χ2v) is 11.5. The Labute approximate surface area is 147 Å². The van der Waals surface area contributed by atoms with Crippen LogP contribution in [-0.2, 0) is 9.78 Å². The molecule has 1 aliphatic carbocycles. The quantitative estimate of drug-likeness (QED) is 0.399. The number of hydrogen-bond donors (Lipinski definition) is 0. The molecule has 1 radical (unpaired) electrons. The zero-order chi connectivity index (χ0) is 17.6. The van der Waals surface area contributed by atoms with Gasteiger partial charge in [-0.3, -0.25) is 4.89 Å². The minimum Gasteiger partial charge on any atom is -0.292 e. The van der Waals surface area contributed by atoms with Crippen LogP contribution in [-0.4, -0.2) is 14.0 Å². The highest BCUT2D eigenvalue weighted by molar-refractivity contribution is 6.95. The van der Waals surface area contributed by atoms with E-state index in [9.17, 15) is 4.79 Å². The molecule has 0 heterocycles. The van der Waals surface area contributed by atoms with Crippen molar-refractivity contribution >= 4 is 19.2 Å². The van der Waals surface area contributed by atoms with Crippen LogP contribution in [0.25, 0.3) is 0 Å². The van der Waals surface area contributed by atoms with E-state index in [1.54, 1.807) is 0 Å². The second-order valence-electron chi connectivity index (χ2n) is 6.82. The van der Waals surface area contributed by atoms with Crippen molar-refractivity contribution in [2.75, 3.05) is 0 Å². The van der Waals surface area contributed by atoms with Gasteiger partial charge in [0.1, 0.15) is 14.2 Å². The molecule has 0 saturated heterocycles. The topological polar surface area (TPSA) is 35.5 Å². The van der Waals surface area contributed by atoms with Gasteiger partial charge < -0.3 is 0 Å². The molecule has 1 aromatic rings. The van der Waals surface area contributed by atoms with E-state index in [0.29, 0.717) is 5.56 Å². The molecule has 0 N–H and O–H groups in total. The van der Waals surface area contributed by atoms with Gasteiger partial charge in [0, 0.05) is 0 Å². The Kier molecular flexibility index (Phi) is 6.81. The van der Waals surface area contributed by atoms with E-state index < -0.39 is 14.0 Å². The van der Waals surface area contributed by atoms with E-state index >= 15 is 0 Å². The Bertz CT molecular complexity index is 541. The number of hydrogen-bond acceptors (Lipinski definition) is 3. The fourth-order valence-corrected chi connectivity index (χ4v) is 6.28. The summed E-state index contributed by atoms with van der Waals surface area (Å²) in [6, 6.07) is 10.0. The molecule has 4 heteroatoms. The number of benzene rings is 1. The van der Waals surface area contributed by atoms with Crippen molar-refractivity contribution in [2.45, 2.75) is 58.5 Å². The molecule has 0 aromatic heterocycles. The molecule has 0 amide bonds. The largest absolute Gasteiger partial charge is 0.373 e. The molecule has 1 aliphatic rings. The van der Waals surface area contributed by atoms with Crippen molar-refractivity contribution in [1.82, 2.24) is 0 Å². The molecular formula is C20H29O3Si. The van der Waals surface area contributed by atoms with Gasteiger partial charge in [-0.2, -0.15) is 4.89 Å². The highest BCUT2D eigenvalue weighted by atomic mass is 28.3. The molecule has 1 saturated carbocycles. The number of rotatable bonds is 7. The van der Waals surface area contributed by atoms with Crippen LogP contribution in [0.3, 0.4) is 0 Å². The first kappa shape index (κ1) is 18.9. The maximum Gasteiger partial charge on any atom is 0.373 e. The number of carbonyl (C=O) groups excluding carboxylic acids is 1. The maximum absolute atomic E-state index is 12.2. The third kappa shape index (κ3) is 4.36. The van der Waals surface area contributed by atoms with Gasteiger partial charge in [0.25, 0.3) is 0 Å². The van der Waals surface area contributed by atoms with Crippen LogP contribution in [0.15, 0.2) is 36.5 Å². The zero-order valence-corrected chi connectivity index (χ0v) is 16.1. The van der Waals surface area contributed by atoms with Gasteiger partial charge in [-0.25, -0.2) is 4.79 Å². The monoisotopic (exact) mass is 345 g/mol. The molecule has 0 unspecified atom stereocenters. The van der Waals surface area contributed by atoms with Crippen molar-refractivity contribution in [3.05, 3.63) is 48.2 Å². The Morgan fingerprint density at radius 1 is 1.21 bits per heavy atom. The molecule has 0 bridgehead atoms. The van der Waals surface area contributed by atoms with Crippen molar-refractivity contribution in [3.8, 4) is 0 Å². The van der Waals surface area contributed by atoms with Gasteiger partial charge in [0.15, 0.2) is 0 Å². The lowest BCUT2D eigenvalue weighted by molar-refractivity contribution is -0.240. The molecule has 24 heavy (non-hydrogen) atoms. The average Bonchev–Trinajstić information content (AvgIpc) is 2.63. The Morgan fingerprint density at radius 2 is 1.79 bits per heavy atom. The fourth-order valence-electron chi connectivity index (χ4n) is 3.32. The van der Waals surface area contributed by atoms with E-state index in [1.807, 2.05) is 24.3 Å². The molecule has 0 aliphatic heterocycles. The summed E-state index contributed by atoms with van der Waals surface area (Å²) in [4.78, 5) is 22.4. The SMILES string of the molecule is C=C[Si](CC)(CC)c1ccc(C(=O)OO[C]2CCC(C)CC2)cc1. The summed E-state index contributed by atoms with van der Waals surface area (Å²) in [7, 11) is -1.63. The third-order valence-electron chi connectivity index (χ3n) is 5.42. The molecule has 0 spiro atoms. The van der Waals surface area contributed by atoms with E-state index in [1.165, 1.54) is 5.19 Å². The van der Waals surface area contributed by atoms with Gasteiger partial charge in [0.2, 0.25) is 0 Å². The van der Waals surface area contributed by atoms with Crippen molar-refractivity contribution < 1.29 is 14.6 Å². The summed E-state index contributed by atoms with van der Waals surface area (Å²) >= 11 is 0. The Morgan fingerprint density at radius 3 is 2.29 bits per heavy atom. The molecule has 1 fully saturated rings. The summed E-state index contributed by atoms with van der Waals surface area (Å²) in [6.07, 6.45) is 4.85. The lowest BCUT2D eigenvalue weighted by Gasteiger charge is -2.26. The smallest absolute Gasteiger partial charge is 0.292 e. The normalized spacial score (nSPS) is 16.8. The highest BCUT2D eigenvalue weighted by Crippen LogP contribution is 2.30. The van der Waals surface area contributed by atoms with E-state index in [-0.39, 0.29) is 0 Å². The molecule has 3 nitrogen and oxygen atoms in total. The van der Waals surface area contributed by atoms with E-state index in [2.05, 4.69) is 33.0 Å². The first-order chi connectivity index (χ1) is 11.5. The predicted octanol–water partition coefficient (Wildman–Crippen LogP) is 4.94. The lowest BCUT2D eigenvalue weighted by Crippen LogP contribution is -2.44. The Hall–Kier alpha value is -1.39. The van der Waals surface area contributed by atoms with Crippen LogP contribution in [0.1, 0.15) is 56.8 Å². The van der Waals surface area contributed by atoms with Gasteiger partial charge in [0.05, 0.1) is 5.56 Å². The summed E-state index contributed by atoms with van der Waals surface area (Å²) in [5.41, 5.74) is 2.67. The van der Waals surface area contributed by atoms with Gasteiger partial charge in [-0.1, -0.05) is 55.9 Å². The van der Waals surface area contributed by atoms with Crippen molar-refractivity contribution in [2.24, 2.45) is 5.92 Å². The minimum absolute atomic E-state index is 0.425. The van der Waals surface area contributed by atoms with Crippen LogP contribution in [0.5, 0.6) is 0 Å². The molecule has 131 valence electrons. The lowest BCUT2D eigenvalue weighted by atomic mass is 9.89. The predicted molar refractivity (Wildman–Crippen MR) is 100 cm³/mol. The zero-order valence-electron chi connectivity index (χ0n) is 15.1. The summed E-state index contributed by atoms with van der Waals surface area (Å²) in [6.45, 7) is 10.7. The third-order valence-corrected chi connectivity index (χ3v) is 10.2. The van der Waals surface area contributed by atoms with Crippen LogP contribution in [0.4, 0.5) is 0 Å². The van der Waals surface area contributed by atoms with Crippen molar-refractivity contribution in [1.29, 1.82) is 0 Å². The van der Waals surface area contributed by atoms with E-state index in [0.717, 1.165) is 49.8 Å². The molecule has 1 aromatic carbocycles. The Balaban J connectivity index is 1.95. The van der Waals surface area contributed by atoms with Gasteiger partial charge in [-0.05, 0) is 43.7 Å². The first-order valence-electron chi connectivity index (χ1n) is 9.02. The van der Waals surface area contributed by atoms with Crippen LogP contribution >= 0.6 is 0 Å². The maximum atomic E-state index is 12.2. The van der Waals surface area contributed by atoms with E-state index in [4.69, 9.17) is 9.78 Å². The van der Waals surface area contributed by atoms with Crippen LogP contribution in [0.2, 0.25) is 12.1 Å². The summed E-state index contributed by atoms with van der Waals surface area (Å²) in [5, 5.41) is 1.32. The molecular weight excluding hydrogens is 316 g/mol. The standard InChI is InChI=1S/C20H29O3Si/c1-5-24(6-2,7-3)19-14-10-17(11-15-19)20(21)23-22-18-12-8-16(4)9-13-18/h5,10-11,14-16H,1,6-9,12-13H2,2-4H3. The highest BCUT2D eigenvalue weighted by Gasteiger charge is 2.28. The minimum atomic E-state index is -1.63. The second kappa shape index (κ2) is 8.63. The summed E-state index contributed by atoms with van der Waals surface area (Å²) in [5.74, 6) is 0.304. The molecule has 0 atom stereocenters. The van der Waals surface area contributed by atoms with Crippen LogP contribution < -0.4 is 5.19 Å². The fraction of sp³-hybridized carbons (Fsp3) is 0.500. The summed E-state index contributed by atoms with van der Waals surface area (Å²) < 4.78 is 0. The van der Waals surface area contributed by atoms with Gasteiger partial charge in [-0.15, -0.1) is 6.58 Å².